The van der Waals surface area contributed by atoms with Crippen molar-refractivity contribution in [3.63, 3.8) is 0 Å². The van der Waals surface area contributed by atoms with Crippen molar-refractivity contribution in [2.45, 2.75) is 20.0 Å². The van der Waals surface area contributed by atoms with Crippen LogP contribution in [-0.2, 0) is 20.1 Å². The fraction of sp³-hybridized carbons (Fsp3) is 0.417. The van der Waals surface area contributed by atoms with Crippen LogP contribution in [0.2, 0.25) is 5.02 Å². The van der Waals surface area contributed by atoms with Crippen LogP contribution in [0.4, 0.5) is 0 Å². The molecule has 0 saturated carbocycles. The molecule has 0 aromatic carbocycles. The average Bonchev–Trinajstić information content (AvgIpc) is 2.94. The summed E-state index contributed by atoms with van der Waals surface area (Å²) in [6, 6.07) is 0. The third kappa shape index (κ3) is 2.96. The monoisotopic (exact) mass is 281 g/mol. The number of aryl methyl sites for hydroxylation is 2. The first-order valence-electron chi connectivity index (χ1n) is 5.97. The Bertz CT molecular complexity index is 589. The molecule has 0 unspecified atom stereocenters. The van der Waals surface area contributed by atoms with Gasteiger partial charge in [-0.2, -0.15) is 10.2 Å². The van der Waals surface area contributed by atoms with Crippen molar-refractivity contribution in [2.24, 2.45) is 7.05 Å². The largest absolute Gasteiger partial charge is 0.336 e. The van der Waals surface area contributed by atoms with Crippen LogP contribution in [0.25, 0.3) is 0 Å². The van der Waals surface area contributed by atoms with E-state index in [0.717, 1.165) is 5.56 Å². The van der Waals surface area contributed by atoms with E-state index in [0.29, 0.717) is 18.1 Å². The summed E-state index contributed by atoms with van der Waals surface area (Å²) in [4.78, 5) is 13.8. The van der Waals surface area contributed by atoms with Crippen LogP contribution in [-0.4, -0.2) is 37.4 Å². The number of rotatable bonds is 4. The van der Waals surface area contributed by atoms with Crippen molar-refractivity contribution in [1.82, 2.24) is 24.5 Å². The molecular weight excluding hydrogens is 266 g/mol. The normalized spacial score (nSPS) is 10.7. The maximum absolute atomic E-state index is 12.2. The molecule has 2 rings (SSSR count). The summed E-state index contributed by atoms with van der Waals surface area (Å²) in [6.07, 6.45) is 5.26. The molecule has 0 bridgehead atoms. The Morgan fingerprint density at radius 2 is 2.21 bits per heavy atom. The lowest BCUT2D eigenvalue weighted by Crippen LogP contribution is -2.26. The Kier molecular flexibility index (Phi) is 3.90. The van der Waals surface area contributed by atoms with E-state index in [2.05, 4.69) is 10.2 Å². The summed E-state index contributed by atoms with van der Waals surface area (Å²) >= 11 is 6.02. The van der Waals surface area contributed by atoms with E-state index in [-0.39, 0.29) is 11.6 Å². The van der Waals surface area contributed by atoms with Gasteiger partial charge in [0.15, 0.2) is 5.69 Å². The first-order chi connectivity index (χ1) is 9.01. The Hall–Kier alpha value is -1.82. The number of hydrogen-bond donors (Lipinski definition) is 0. The van der Waals surface area contributed by atoms with E-state index in [1.54, 1.807) is 33.7 Å². The molecule has 0 spiro atoms. The molecule has 7 heteroatoms. The van der Waals surface area contributed by atoms with Crippen molar-refractivity contribution in [3.05, 3.63) is 34.9 Å². The minimum absolute atomic E-state index is 0.193. The van der Waals surface area contributed by atoms with Crippen molar-refractivity contribution in [1.29, 1.82) is 0 Å². The van der Waals surface area contributed by atoms with Crippen LogP contribution in [0, 0.1) is 0 Å². The Morgan fingerprint density at radius 1 is 1.47 bits per heavy atom. The lowest BCUT2D eigenvalue weighted by atomic mass is 10.3. The number of carbonyl (C=O) groups is 1. The number of carbonyl (C=O) groups excluding carboxylic acids is 1. The van der Waals surface area contributed by atoms with E-state index in [9.17, 15) is 4.79 Å². The third-order valence-corrected chi connectivity index (χ3v) is 3.04. The Balaban J connectivity index is 2.12. The van der Waals surface area contributed by atoms with Crippen LogP contribution in [0.15, 0.2) is 18.6 Å². The highest BCUT2D eigenvalue weighted by molar-refractivity contribution is 6.33. The molecular formula is C12H16ClN5O. The molecule has 0 atom stereocenters. The first-order valence-corrected chi connectivity index (χ1v) is 6.35. The van der Waals surface area contributed by atoms with Crippen molar-refractivity contribution >= 4 is 17.5 Å². The zero-order chi connectivity index (χ0) is 14.0. The zero-order valence-corrected chi connectivity index (χ0v) is 11.9. The van der Waals surface area contributed by atoms with E-state index in [1.165, 1.54) is 0 Å². The van der Waals surface area contributed by atoms with Crippen LogP contribution in [0.3, 0.4) is 0 Å². The molecule has 6 nitrogen and oxygen atoms in total. The lowest BCUT2D eigenvalue weighted by Gasteiger charge is -2.14. The second kappa shape index (κ2) is 5.44. The Labute approximate surface area is 116 Å². The van der Waals surface area contributed by atoms with Gasteiger partial charge < -0.3 is 4.90 Å². The van der Waals surface area contributed by atoms with Gasteiger partial charge in [0.25, 0.3) is 5.91 Å². The number of aromatic nitrogens is 4. The average molecular weight is 282 g/mol. The highest BCUT2D eigenvalue weighted by Crippen LogP contribution is 2.16. The number of amides is 1. The van der Waals surface area contributed by atoms with Gasteiger partial charge in [-0.15, -0.1) is 0 Å². The second-order valence-electron chi connectivity index (χ2n) is 4.36. The molecule has 1 amide bonds. The SMILES string of the molecule is CCn1cc(Cl)c(C(=O)N(C)Cc2cnn(C)c2)n1. The highest BCUT2D eigenvalue weighted by atomic mass is 35.5. The molecule has 0 aliphatic heterocycles. The van der Waals surface area contributed by atoms with Gasteiger partial charge in [0.1, 0.15) is 0 Å². The Morgan fingerprint density at radius 3 is 2.74 bits per heavy atom. The molecule has 0 saturated heterocycles. The standard InChI is InChI=1S/C12H16ClN5O/c1-4-18-8-10(13)11(15-18)12(19)16(2)6-9-5-14-17(3)7-9/h5,7-8H,4,6H2,1-3H3. The first kappa shape index (κ1) is 13.6. The van der Waals surface area contributed by atoms with Crippen LogP contribution < -0.4 is 0 Å². The predicted octanol–water partition coefficient (Wildman–Crippen LogP) is 1.56. The highest BCUT2D eigenvalue weighted by Gasteiger charge is 2.19. The van der Waals surface area contributed by atoms with Gasteiger partial charge in [-0.1, -0.05) is 11.6 Å². The van der Waals surface area contributed by atoms with E-state index >= 15 is 0 Å². The minimum atomic E-state index is -0.193. The molecule has 0 aliphatic rings. The zero-order valence-electron chi connectivity index (χ0n) is 11.2. The molecule has 2 aromatic heterocycles. The van der Waals surface area contributed by atoms with Gasteiger partial charge in [0.2, 0.25) is 0 Å². The summed E-state index contributed by atoms with van der Waals surface area (Å²) in [5, 5.41) is 8.62. The second-order valence-corrected chi connectivity index (χ2v) is 4.77. The molecule has 102 valence electrons. The summed E-state index contributed by atoms with van der Waals surface area (Å²) in [7, 11) is 3.56. The molecule has 0 aliphatic carbocycles. The van der Waals surface area contributed by atoms with Gasteiger partial charge in [0.05, 0.1) is 11.2 Å². The van der Waals surface area contributed by atoms with Gasteiger partial charge >= 0.3 is 0 Å². The fourth-order valence-corrected chi connectivity index (χ4v) is 2.02. The van der Waals surface area contributed by atoms with Crippen molar-refractivity contribution in [2.75, 3.05) is 7.05 Å². The van der Waals surface area contributed by atoms with Crippen molar-refractivity contribution in [3.8, 4) is 0 Å². The van der Waals surface area contributed by atoms with Crippen molar-refractivity contribution < 1.29 is 4.79 Å². The predicted molar refractivity (Wildman–Crippen MR) is 71.9 cm³/mol. The lowest BCUT2D eigenvalue weighted by molar-refractivity contribution is 0.0778. The maximum atomic E-state index is 12.2. The fourth-order valence-electron chi connectivity index (χ4n) is 1.78. The van der Waals surface area contributed by atoms with Gasteiger partial charge in [-0.05, 0) is 6.92 Å². The van der Waals surface area contributed by atoms with E-state index < -0.39 is 0 Å². The summed E-state index contributed by atoms with van der Waals surface area (Å²) in [5.41, 5.74) is 1.25. The summed E-state index contributed by atoms with van der Waals surface area (Å²) < 4.78 is 3.35. The van der Waals surface area contributed by atoms with Crippen LogP contribution in [0.1, 0.15) is 23.0 Å². The van der Waals surface area contributed by atoms with Crippen LogP contribution in [0.5, 0.6) is 0 Å². The molecule has 2 aromatic rings. The maximum Gasteiger partial charge on any atom is 0.275 e. The van der Waals surface area contributed by atoms with Crippen LogP contribution >= 0.6 is 11.6 Å². The molecule has 0 fully saturated rings. The quantitative estimate of drug-likeness (QED) is 0.855. The number of halogens is 1. The topological polar surface area (TPSA) is 56.0 Å². The van der Waals surface area contributed by atoms with Gasteiger partial charge in [-0.3, -0.25) is 14.2 Å². The van der Waals surface area contributed by atoms with Gasteiger partial charge in [0, 0.05) is 45.1 Å². The van der Waals surface area contributed by atoms with E-state index in [1.807, 2.05) is 20.2 Å². The molecule has 0 radical (unpaired) electrons. The summed E-state index contributed by atoms with van der Waals surface area (Å²) in [5.74, 6) is -0.193. The summed E-state index contributed by atoms with van der Waals surface area (Å²) in [6.45, 7) is 3.10. The van der Waals surface area contributed by atoms with Gasteiger partial charge in [-0.25, -0.2) is 0 Å². The smallest absolute Gasteiger partial charge is 0.275 e. The molecule has 0 N–H and O–H groups in total. The number of hydrogen-bond acceptors (Lipinski definition) is 3. The minimum Gasteiger partial charge on any atom is -0.336 e. The molecule has 19 heavy (non-hydrogen) atoms. The van der Waals surface area contributed by atoms with E-state index in [4.69, 9.17) is 11.6 Å². The molecule has 2 heterocycles. The third-order valence-electron chi connectivity index (χ3n) is 2.77. The number of nitrogens with zero attached hydrogens (tertiary/aromatic N) is 5.